The quantitative estimate of drug-likeness (QED) is 0.165. The lowest BCUT2D eigenvalue weighted by Gasteiger charge is -2.27. The van der Waals surface area contributed by atoms with Crippen LogP contribution in [0.5, 0.6) is 0 Å². The molecule has 0 amide bonds. The molecule has 2 aromatic heterocycles. The summed E-state index contributed by atoms with van der Waals surface area (Å²) in [6.07, 6.45) is 0. The molecule has 0 aliphatic heterocycles. The molecule has 12 rings (SSSR count). The smallest absolute Gasteiger partial charge is 0.159 e. The van der Waals surface area contributed by atoms with E-state index in [0.29, 0.717) is 0 Å². The van der Waals surface area contributed by atoms with Crippen molar-refractivity contribution in [3.63, 3.8) is 0 Å². The molecule has 57 heavy (non-hydrogen) atoms. The molecule has 0 radical (unpaired) electrons. The van der Waals surface area contributed by atoms with Crippen molar-refractivity contribution in [2.24, 2.45) is 0 Å². The van der Waals surface area contributed by atoms with E-state index in [-0.39, 0.29) is 0 Å². The molecule has 0 spiro atoms. The number of nitrogens with zero attached hydrogens (tertiary/aromatic N) is 2. The van der Waals surface area contributed by atoms with E-state index in [9.17, 15) is 0 Å². The van der Waals surface area contributed by atoms with Crippen molar-refractivity contribution in [2.75, 3.05) is 4.90 Å². The summed E-state index contributed by atoms with van der Waals surface area (Å²) in [6, 6.07) is 74.5. The molecule has 0 bridgehead atoms. The van der Waals surface area contributed by atoms with E-state index in [1.807, 2.05) is 0 Å². The highest BCUT2D eigenvalue weighted by atomic mass is 16.3. The van der Waals surface area contributed by atoms with Gasteiger partial charge in [0.1, 0.15) is 5.58 Å². The third kappa shape index (κ3) is 4.86. The van der Waals surface area contributed by atoms with Gasteiger partial charge in [-0.05, 0) is 98.5 Å². The van der Waals surface area contributed by atoms with Crippen molar-refractivity contribution in [3.8, 4) is 16.8 Å². The topological polar surface area (TPSA) is 21.3 Å². The Morgan fingerprint density at radius 2 is 1.04 bits per heavy atom. The zero-order valence-corrected chi connectivity index (χ0v) is 30.9. The van der Waals surface area contributed by atoms with Gasteiger partial charge >= 0.3 is 0 Å². The van der Waals surface area contributed by atoms with Gasteiger partial charge in [-0.3, -0.25) is 0 Å². The van der Waals surface area contributed by atoms with Crippen molar-refractivity contribution in [2.45, 2.75) is 0 Å². The molecule has 3 nitrogen and oxygen atoms in total. The minimum atomic E-state index is 0.850. The minimum Gasteiger partial charge on any atom is -0.454 e. The first-order valence-corrected chi connectivity index (χ1v) is 19.5. The van der Waals surface area contributed by atoms with Gasteiger partial charge in [-0.15, -0.1) is 0 Å². The van der Waals surface area contributed by atoms with Crippen LogP contribution >= 0.6 is 0 Å². The summed E-state index contributed by atoms with van der Waals surface area (Å²) in [5.41, 5.74) is 10.6. The van der Waals surface area contributed by atoms with Gasteiger partial charge in [0.05, 0.1) is 16.7 Å². The Hall–Kier alpha value is -7.62. The molecule has 0 saturated heterocycles. The Morgan fingerprint density at radius 1 is 0.404 bits per heavy atom. The van der Waals surface area contributed by atoms with Gasteiger partial charge in [-0.2, -0.15) is 0 Å². The second-order valence-electron chi connectivity index (χ2n) is 14.9. The van der Waals surface area contributed by atoms with E-state index in [1.54, 1.807) is 0 Å². The van der Waals surface area contributed by atoms with Gasteiger partial charge in [0.25, 0.3) is 0 Å². The lowest BCUT2D eigenvalue weighted by Crippen LogP contribution is -2.10. The number of para-hydroxylation sites is 4. The summed E-state index contributed by atoms with van der Waals surface area (Å²) < 4.78 is 9.47. The predicted octanol–water partition coefficient (Wildman–Crippen LogP) is 15.3. The third-order valence-corrected chi connectivity index (χ3v) is 11.7. The number of hydrogen-bond donors (Lipinski definition) is 0. The van der Waals surface area contributed by atoms with Crippen LogP contribution < -0.4 is 4.90 Å². The van der Waals surface area contributed by atoms with Crippen LogP contribution in [0, 0.1) is 0 Å². The summed E-state index contributed by atoms with van der Waals surface area (Å²) in [7, 11) is 0. The second kappa shape index (κ2) is 12.5. The number of benzene rings is 10. The first-order chi connectivity index (χ1) is 28.3. The molecular weight excluding hydrogens is 693 g/mol. The zero-order valence-electron chi connectivity index (χ0n) is 30.9. The summed E-state index contributed by atoms with van der Waals surface area (Å²) >= 11 is 0. The third-order valence-electron chi connectivity index (χ3n) is 11.7. The van der Waals surface area contributed by atoms with Crippen molar-refractivity contribution in [1.82, 2.24) is 4.57 Å². The maximum atomic E-state index is 7.05. The van der Waals surface area contributed by atoms with Crippen LogP contribution in [-0.2, 0) is 0 Å². The van der Waals surface area contributed by atoms with Crippen LogP contribution in [0.15, 0.2) is 211 Å². The molecule has 3 heteroatoms. The number of anilines is 3. The van der Waals surface area contributed by atoms with Crippen LogP contribution in [-0.4, -0.2) is 4.57 Å². The number of aromatic nitrogens is 1. The van der Waals surface area contributed by atoms with E-state index >= 15 is 0 Å². The Labute approximate surface area is 328 Å². The fourth-order valence-corrected chi connectivity index (χ4v) is 9.18. The highest BCUT2D eigenvalue weighted by Gasteiger charge is 2.24. The molecule has 0 fully saturated rings. The van der Waals surface area contributed by atoms with E-state index in [0.717, 1.165) is 55.8 Å². The molecule has 0 saturated carbocycles. The van der Waals surface area contributed by atoms with E-state index < -0.39 is 0 Å². The molecule has 0 aliphatic rings. The van der Waals surface area contributed by atoms with Gasteiger partial charge in [0.15, 0.2) is 5.58 Å². The van der Waals surface area contributed by atoms with Gasteiger partial charge in [0, 0.05) is 44.2 Å². The molecule has 0 aliphatic carbocycles. The van der Waals surface area contributed by atoms with Crippen molar-refractivity contribution in [1.29, 1.82) is 0 Å². The predicted molar refractivity (Wildman–Crippen MR) is 241 cm³/mol. The van der Waals surface area contributed by atoms with Crippen molar-refractivity contribution < 1.29 is 4.42 Å². The molecule has 0 unspecified atom stereocenters. The van der Waals surface area contributed by atoms with Gasteiger partial charge in [-0.25, -0.2) is 0 Å². The molecule has 0 atom stereocenters. The largest absolute Gasteiger partial charge is 0.454 e. The fourth-order valence-electron chi connectivity index (χ4n) is 9.18. The normalized spacial score (nSPS) is 11.9. The molecule has 0 N–H and O–H groups in total. The van der Waals surface area contributed by atoms with Crippen LogP contribution in [0.4, 0.5) is 17.1 Å². The molecule has 2 heterocycles. The number of furan rings is 1. The van der Waals surface area contributed by atoms with Crippen LogP contribution in [0.25, 0.3) is 92.9 Å². The molecule has 266 valence electrons. The van der Waals surface area contributed by atoms with Crippen LogP contribution in [0.2, 0.25) is 0 Å². The Bertz CT molecular complexity index is 3520. The van der Waals surface area contributed by atoms with Crippen molar-refractivity contribution in [3.05, 3.63) is 206 Å². The minimum absolute atomic E-state index is 0.850. The molecule has 10 aromatic carbocycles. The summed E-state index contributed by atoms with van der Waals surface area (Å²) in [5.74, 6) is 0. The lowest BCUT2D eigenvalue weighted by molar-refractivity contribution is 0.669. The second-order valence-corrected chi connectivity index (χ2v) is 14.9. The number of fused-ring (bicyclic) bond motifs is 11. The van der Waals surface area contributed by atoms with E-state index in [1.165, 1.54) is 54.1 Å². The average molecular weight is 727 g/mol. The molecular formula is C54H34N2O. The molecule has 12 aromatic rings. The first kappa shape index (κ1) is 31.7. The lowest BCUT2D eigenvalue weighted by atomic mass is 9.96. The van der Waals surface area contributed by atoms with Gasteiger partial charge in [-0.1, -0.05) is 146 Å². The standard InChI is InChI=1S/C54H34N2O/c1-3-16-39(17-4-1)55(41-30-28-37-27-26-35-14-7-9-20-42(35)47(37)34-41)50-33-38(32-48-52-43-21-10-8-15-36(43)29-31-51(52)57-54(48)50)44-23-13-24-46-45-22-11-12-25-49(45)56(53(44)46)40-18-5-2-6-19-40/h1-34H. The summed E-state index contributed by atoms with van der Waals surface area (Å²) in [5, 5.41) is 11.9. The zero-order chi connectivity index (χ0) is 37.5. The van der Waals surface area contributed by atoms with Gasteiger partial charge in [0.2, 0.25) is 0 Å². The highest BCUT2D eigenvalue weighted by molar-refractivity contribution is 6.23. The fraction of sp³-hybridized carbons (Fsp3) is 0. The average Bonchev–Trinajstić information content (AvgIpc) is 3.84. The first-order valence-electron chi connectivity index (χ1n) is 19.5. The highest BCUT2D eigenvalue weighted by Crippen LogP contribution is 2.48. The Kier molecular flexibility index (Phi) is 6.93. The summed E-state index contributed by atoms with van der Waals surface area (Å²) in [6.45, 7) is 0. The monoisotopic (exact) mass is 726 g/mol. The van der Waals surface area contributed by atoms with E-state index in [2.05, 4.69) is 216 Å². The SMILES string of the molecule is c1ccc(N(c2ccc3ccc4ccccc4c3c2)c2cc(-c3cccc4c5ccccc5n(-c5ccccc5)c34)cc3c2oc2ccc4ccccc4c23)cc1. The Morgan fingerprint density at radius 3 is 1.86 bits per heavy atom. The maximum absolute atomic E-state index is 7.05. The Balaban J connectivity index is 1.23. The summed E-state index contributed by atoms with van der Waals surface area (Å²) in [4.78, 5) is 2.38. The van der Waals surface area contributed by atoms with Gasteiger partial charge < -0.3 is 13.9 Å². The maximum Gasteiger partial charge on any atom is 0.159 e. The number of hydrogen-bond acceptors (Lipinski definition) is 2. The van der Waals surface area contributed by atoms with Crippen LogP contribution in [0.1, 0.15) is 0 Å². The number of rotatable bonds is 5. The van der Waals surface area contributed by atoms with Crippen molar-refractivity contribution >= 4 is 93.1 Å². The van der Waals surface area contributed by atoms with Crippen LogP contribution in [0.3, 0.4) is 0 Å². The van der Waals surface area contributed by atoms with E-state index in [4.69, 9.17) is 4.42 Å².